The molecule has 1 heterocycles. The molecule has 0 fully saturated rings. The summed E-state index contributed by atoms with van der Waals surface area (Å²) in [6.45, 7) is 0. The molecule has 0 aliphatic heterocycles. The molecule has 0 bridgehead atoms. The fraction of sp³-hybridized carbons (Fsp3) is 0. The quantitative estimate of drug-likeness (QED) is 0.571. The minimum absolute atomic E-state index is 0.0873. The van der Waals surface area contributed by atoms with Gasteiger partial charge in [-0.3, -0.25) is 0 Å². The number of aromatic nitrogens is 1. The molecule has 0 amide bonds. The Hall–Kier alpha value is -2.28. The van der Waals surface area contributed by atoms with Gasteiger partial charge >= 0.3 is 10.1 Å². The molecule has 25 heavy (non-hydrogen) atoms. The molecular formula is C17H11Cl2NO4S. The predicted octanol–water partition coefficient (Wildman–Crippen LogP) is 4.95. The fourth-order valence-corrected chi connectivity index (χ4v) is 3.22. The number of rotatable bonds is 5. The number of pyridine rings is 1. The molecule has 0 saturated heterocycles. The van der Waals surface area contributed by atoms with E-state index in [1.807, 2.05) is 0 Å². The van der Waals surface area contributed by atoms with Gasteiger partial charge in [-0.25, -0.2) is 4.98 Å². The zero-order chi connectivity index (χ0) is 17.9. The number of ether oxygens (including phenoxy) is 1. The van der Waals surface area contributed by atoms with Crippen molar-refractivity contribution in [3.05, 3.63) is 76.9 Å². The van der Waals surface area contributed by atoms with Crippen LogP contribution in [0.15, 0.2) is 71.8 Å². The normalized spacial score (nSPS) is 11.1. The van der Waals surface area contributed by atoms with Gasteiger partial charge in [0.15, 0.2) is 0 Å². The van der Waals surface area contributed by atoms with Gasteiger partial charge in [-0.05, 0) is 48.5 Å². The van der Waals surface area contributed by atoms with Crippen LogP contribution in [0.5, 0.6) is 17.4 Å². The van der Waals surface area contributed by atoms with E-state index in [-0.39, 0.29) is 20.7 Å². The summed E-state index contributed by atoms with van der Waals surface area (Å²) in [4.78, 5) is 3.95. The van der Waals surface area contributed by atoms with E-state index in [1.165, 1.54) is 30.3 Å². The highest BCUT2D eigenvalue weighted by molar-refractivity contribution is 7.87. The van der Waals surface area contributed by atoms with Gasteiger partial charge in [0, 0.05) is 12.3 Å². The van der Waals surface area contributed by atoms with Crippen LogP contribution in [-0.2, 0) is 10.1 Å². The zero-order valence-corrected chi connectivity index (χ0v) is 14.9. The summed E-state index contributed by atoms with van der Waals surface area (Å²) < 4.78 is 35.2. The van der Waals surface area contributed by atoms with Crippen LogP contribution < -0.4 is 8.92 Å². The minimum Gasteiger partial charge on any atom is -0.439 e. The first kappa shape index (κ1) is 17.5. The molecule has 0 saturated carbocycles. The van der Waals surface area contributed by atoms with Gasteiger partial charge in [0.25, 0.3) is 0 Å². The van der Waals surface area contributed by atoms with Crippen LogP contribution in [0.3, 0.4) is 0 Å². The Kier molecular flexibility index (Phi) is 5.13. The smallest absolute Gasteiger partial charge is 0.339 e. The van der Waals surface area contributed by atoms with E-state index in [2.05, 4.69) is 4.98 Å². The Balaban J connectivity index is 1.75. The summed E-state index contributed by atoms with van der Waals surface area (Å²) in [6.07, 6.45) is 1.61. The van der Waals surface area contributed by atoms with E-state index < -0.39 is 10.1 Å². The van der Waals surface area contributed by atoms with Gasteiger partial charge in [-0.15, -0.1) is 0 Å². The molecule has 1 aromatic heterocycles. The summed E-state index contributed by atoms with van der Waals surface area (Å²) in [5, 5.41) is 0.391. The number of halogens is 2. The first-order valence-corrected chi connectivity index (χ1v) is 9.19. The average molecular weight is 396 g/mol. The summed E-state index contributed by atoms with van der Waals surface area (Å²) in [5.41, 5.74) is 0. The maximum atomic E-state index is 12.3. The van der Waals surface area contributed by atoms with Crippen molar-refractivity contribution in [2.24, 2.45) is 0 Å². The zero-order valence-electron chi connectivity index (χ0n) is 12.6. The van der Waals surface area contributed by atoms with Crippen LogP contribution in [0.2, 0.25) is 10.0 Å². The second kappa shape index (κ2) is 7.31. The molecule has 0 N–H and O–H groups in total. The lowest BCUT2D eigenvalue weighted by Gasteiger charge is -2.09. The number of nitrogens with zero attached hydrogens (tertiary/aromatic N) is 1. The van der Waals surface area contributed by atoms with Crippen molar-refractivity contribution in [3.63, 3.8) is 0 Å². The topological polar surface area (TPSA) is 65.5 Å². The van der Waals surface area contributed by atoms with E-state index in [0.29, 0.717) is 11.6 Å². The SMILES string of the molecule is O=S(=O)(Oc1ccc(Oc2ccccn2)cc1)c1ccc(Cl)c(Cl)c1. The number of hydrogen-bond acceptors (Lipinski definition) is 5. The van der Waals surface area contributed by atoms with Crippen molar-refractivity contribution >= 4 is 33.3 Å². The molecule has 0 atom stereocenters. The fourth-order valence-electron chi connectivity index (χ4n) is 1.90. The van der Waals surface area contributed by atoms with E-state index >= 15 is 0 Å². The van der Waals surface area contributed by atoms with Crippen LogP contribution in [0.1, 0.15) is 0 Å². The van der Waals surface area contributed by atoms with Crippen LogP contribution in [-0.4, -0.2) is 13.4 Å². The highest BCUT2D eigenvalue weighted by atomic mass is 35.5. The first-order valence-electron chi connectivity index (χ1n) is 7.02. The second-order valence-electron chi connectivity index (χ2n) is 4.85. The van der Waals surface area contributed by atoms with E-state index in [4.69, 9.17) is 32.1 Å². The number of benzene rings is 2. The largest absolute Gasteiger partial charge is 0.439 e. The summed E-state index contributed by atoms with van der Waals surface area (Å²) in [6, 6.07) is 15.3. The third kappa shape index (κ3) is 4.42. The maximum absolute atomic E-state index is 12.3. The second-order valence-corrected chi connectivity index (χ2v) is 7.22. The standard InChI is InChI=1S/C17H11Cl2NO4S/c18-15-9-8-14(11-16(15)19)25(21,22)24-13-6-4-12(5-7-13)23-17-3-1-2-10-20-17/h1-11H. The lowest BCUT2D eigenvalue weighted by atomic mass is 10.3. The van der Waals surface area contributed by atoms with Crippen molar-refractivity contribution in [2.45, 2.75) is 4.90 Å². The molecular weight excluding hydrogens is 385 g/mol. The molecule has 128 valence electrons. The molecule has 8 heteroatoms. The van der Waals surface area contributed by atoms with E-state index in [9.17, 15) is 8.42 Å². The van der Waals surface area contributed by atoms with Gasteiger partial charge in [-0.2, -0.15) is 8.42 Å². The molecule has 0 aliphatic rings. The van der Waals surface area contributed by atoms with Crippen molar-refractivity contribution in [1.29, 1.82) is 0 Å². The Morgan fingerprint density at radius 3 is 2.20 bits per heavy atom. The summed E-state index contributed by atoms with van der Waals surface area (Å²) >= 11 is 11.6. The van der Waals surface area contributed by atoms with Crippen LogP contribution >= 0.6 is 23.2 Å². The Morgan fingerprint density at radius 2 is 1.56 bits per heavy atom. The van der Waals surface area contributed by atoms with Gasteiger partial charge in [-0.1, -0.05) is 29.3 Å². The third-order valence-electron chi connectivity index (χ3n) is 3.07. The Bertz CT molecular complexity index is 977. The van der Waals surface area contributed by atoms with Crippen LogP contribution in [0.25, 0.3) is 0 Å². The lowest BCUT2D eigenvalue weighted by Crippen LogP contribution is -2.09. The van der Waals surface area contributed by atoms with Crippen molar-refractivity contribution in [1.82, 2.24) is 4.98 Å². The van der Waals surface area contributed by atoms with Crippen LogP contribution in [0, 0.1) is 0 Å². The first-order chi connectivity index (χ1) is 11.9. The predicted molar refractivity (Wildman–Crippen MR) is 95.0 cm³/mol. The summed E-state index contributed by atoms with van der Waals surface area (Å²) in [5.74, 6) is 1.07. The molecule has 0 spiro atoms. The van der Waals surface area contributed by atoms with E-state index in [0.717, 1.165) is 0 Å². The molecule has 3 rings (SSSR count). The van der Waals surface area contributed by atoms with Crippen LogP contribution in [0.4, 0.5) is 0 Å². The van der Waals surface area contributed by atoms with E-state index in [1.54, 1.807) is 36.5 Å². The molecule has 0 aliphatic carbocycles. The molecule has 0 unspecified atom stereocenters. The monoisotopic (exact) mass is 395 g/mol. The number of hydrogen-bond donors (Lipinski definition) is 0. The van der Waals surface area contributed by atoms with Crippen molar-refractivity contribution < 1.29 is 17.3 Å². The Morgan fingerprint density at radius 1 is 0.840 bits per heavy atom. The van der Waals surface area contributed by atoms with Gasteiger partial charge in [0.1, 0.15) is 16.4 Å². The highest BCUT2D eigenvalue weighted by Crippen LogP contribution is 2.28. The van der Waals surface area contributed by atoms with Crippen molar-refractivity contribution in [2.75, 3.05) is 0 Å². The van der Waals surface area contributed by atoms with Gasteiger partial charge < -0.3 is 8.92 Å². The van der Waals surface area contributed by atoms with Gasteiger partial charge in [0.05, 0.1) is 10.0 Å². The molecule has 2 aromatic carbocycles. The molecule has 5 nitrogen and oxygen atoms in total. The maximum Gasteiger partial charge on any atom is 0.339 e. The lowest BCUT2D eigenvalue weighted by molar-refractivity contribution is 0.459. The minimum atomic E-state index is -4.02. The van der Waals surface area contributed by atoms with Crippen molar-refractivity contribution in [3.8, 4) is 17.4 Å². The third-order valence-corrected chi connectivity index (χ3v) is 5.05. The molecule has 0 radical (unpaired) electrons. The summed E-state index contributed by atoms with van der Waals surface area (Å²) in [7, 11) is -4.02. The average Bonchev–Trinajstić information content (AvgIpc) is 2.60. The highest BCUT2D eigenvalue weighted by Gasteiger charge is 2.18. The van der Waals surface area contributed by atoms with Gasteiger partial charge in [0.2, 0.25) is 5.88 Å². The molecule has 3 aromatic rings. The Labute approximate surface area is 154 Å².